The maximum atomic E-state index is 16.7. The molecule has 0 amide bonds. The van der Waals surface area contributed by atoms with Gasteiger partial charge in [-0.15, -0.1) is 11.3 Å². The fourth-order valence-corrected chi connectivity index (χ4v) is 6.67. The largest absolute Gasteiger partial charge is 0.489 e. The lowest BCUT2D eigenvalue weighted by Crippen LogP contribution is -2.39. The molecule has 1 unspecified atom stereocenters. The number of methoxy groups -OCH3 is 1. The van der Waals surface area contributed by atoms with E-state index in [2.05, 4.69) is 15.0 Å². The lowest BCUT2D eigenvalue weighted by atomic mass is 9.96. The molecule has 0 radical (unpaired) electrons. The van der Waals surface area contributed by atoms with Gasteiger partial charge in [0.1, 0.15) is 40.6 Å². The van der Waals surface area contributed by atoms with Crippen LogP contribution in [0, 0.1) is 23.0 Å². The highest BCUT2D eigenvalue weighted by molar-refractivity contribution is 7.23. The number of thiophene rings is 1. The number of nitrogens with two attached hydrogens (primary N) is 2. The molecule has 0 aliphatic carbocycles. The molecule has 13 heteroatoms. The second-order valence-corrected chi connectivity index (χ2v) is 11.0. The smallest absolute Gasteiger partial charge is 0.318 e. The average Bonchev–Trinajstić information content (AvgIpc) is 3.22. The summed E-state index contributed by atoms with van der Waals surface area (Å²) in [6.07, 6.45) is 1.60. The Morgan fingerprint density at radius 3 is 2.73 bits per heavy atom. The highest BCUT2D eigenvalue weighted by Gasteiger charge is 2.36. The van der Waals surface area contributed by atoms with Gasteiger partial charge in [0.05, 0.1) is 39.9 Å². The molecular formula is C28H22ClF2N7O2S. The summed E-state index contributed by atoms with van der Waals surface area (Å²) in [5.74, 6) is -0.581. The molecule has 5 aromatic rings. The molecule has 0 fully saturated rings. The molecule has 0 bridgehead atoms. The molecule has 208 valence electrons. The maximum absolute atomic E-state index is 16.7. The van der Waals surface area contributed by atoms with E-state index in [-0.39, 0.29) is 78.2 Å². The normalized spacial score (nSPS) is 15.4. The Balaban J connectivity index is 1.70. The quantitative estimate of drug-likeness (QED) is 0.248. The fourth-order valence-electron chi connectivity index (χ4n) is 5.38. The van der Waals surface area contributed by atoms with E-state index in [1.807, 2.05) is 30.9 Å². The first-order valence-electron chi connectivity index (χ1n) is 12.5. The Morgan fingerprint density at radius 2 is 2.02 bits per heavy atom. The van der Waals surface area contributed by atoms with Crippen molar-refractivity contribution in [1.29, 1.82) is 5.26 Å². The highest BCUT2D eigenvalue weighted by atomic mass is 35.5. The summed E-state index contributed by atoms with van der Waals surface area (Å²) in [6.45, 7) is 4.01. The summed E-state index contributed by atoms with van der Waals surface area (Å²) in [5.41, 5.74) is 13.0. The lowest BCUT2D eigenvalue weighted by molar-refractivity contribution is 0.291. The van der Waals surface area contributed by atoms with E-state index < -0.39 is 11.6 Å². The molecule has 6 rings (SSSR count). The molecule has 4 heterocycles. The number of fused-ring (bicyclic) bond motifs is 1. The van der Waals surface area contributed by atoms with Crippen LogP contribution < -0.4 is 25.8 Å². The predicted molar refractivity (Wildman–Crippen MR) is 155 cm³/mol. The minimum atomic E-state index is -0.816. The number of anilines is 3. The summed E-state index contributed by atoms with van der Waals surface area (Å²) >= 11 is 7.84. The van der Waals surface area contributed by atoms with E-state index in [9.17, 15) is 9.65 Å². The summed E-state index contributed by atoms with van der Waals surface area (Å²) in [4.78, 5) is 15.1. The van der Waals surface area contributed by atoms with Crippen molar-refractivity contribution in [3.05, 3.63) is 58.2 Å². The van der Waals surface area contributed by atoms with Crippen LogP contribution >= 0.6 is 22.9 Å². The monoisotopic (exact) mass is 593 g/mol. The number of nitriles is 1. The number of ether oxygens (including phenoxy) is 2. The van der Waals surface area contributed by atoms with Crippen molar-refractivity contribution < 1.29 is 18.3 Å². The van der Waals surface area contributed by atoms with Gasteiger partial charge in [0.2, 0.25) is 0 Å². The third-order valence-corrected chi connectivity index (χ3v) is 8.64. The maximum Gasteiger partial charge on any atom is 0.318 e. The number of benzene rings is 2. The first kappa shape index (κ1) is 26.7. The summed E-state index contributed by atoms with van der Waals surface area (Å²) < 4.78 is 43.3. The van der Waals surface area contributed by atoms with E-state index in [0.29, 0.717) is 11.6 Å². The molecule has 0 saturated heterocycles. The number of hydrogen-bond donors (Lipinski definition) is 2. The first-order chi connectivity index (χ1) is 19.7. The van der Waals surface area contributed by atoms with Gasteiger partial charge in [-0.1, -0.05) is 23.7 Å². The van der Waals surface area contributed by atoms with Crippen LogP contribution in [0.3, 0.4) is 0 Å². The van der Waals surface area contributed by atoms with Gasteiger partial charge < -0.3 is 25.8 Å². The zero-order valence-electron chi connectivity index (χ0n) is 22.0. The molecule has 2 aromatic carbocycles. The summed E-state index contributed by atoms with van der Waals surface area (Å²) in [6, 6.07) is 7.46. The number of pyridine rings is 1. The third-order valence-electron chi connectivity index (χ3n) is 7.25. The number of aromatic nitrogens is 3. The van der Waals surface area contributed by atoms with Crippen LogP contribution in [0.25, 0.3) is 32.1 Å². The second kappa shape index (κ2) is 9.87. The predicted octanol–water partition coefficient (Wildman–Crippen LogP) is 6.23. The number of rotatable bonds is 4. The molecule has 0 saturated carbocycles. The molecule has 4 N–H and O–H groups in total. The van der Waals surface area contributed by atoms with E-state index in [0.717, 1.165) is 16.9 Å². The van der Waals surface area contributed by atoms with E-state index in [4.69, 9.17) is 32.5 Å². The van der Waals surface area contributed by atoms with Crippen molar-refractivity contribution in [2.45, 2.75) is 25.9 Å². The summed E-state index contributed by atoms with van der Waals surface area (Å²) in [5, 5.41) is 10.2. The van der Waals surface area contributed by atoms with Gasteiger partial charge in [0, 0.05) is 22.7 Å². The van der Waals surface area contributed by atoms with Crippen molar-refractivity contribution in [3.63, 3.8) is 0 Å². The summed E-state index contributed by atoms with van der Waals surface area (Å²) in [7, 11) is 1.38. The van der Waals surface area contributed by atoms with Gasteiger partial charge >= 0.3 is 6.01 Å². The molecule has 9 nitrogen and oxygen atoms in total. The fraction of sp³-hybridized carbons (Fsp3) is 0.214. The Labute approximate surface area is 241 Å². The van der Waals surface area contributed by atoms with Crippen LogP contribution in [0.2, 0.25) is 5.02 Å². The lowest BCUT2D eigenvalue weighted by Gasteiger charge is -2.35. The topological polar surface area (TPSA) is 136 Å². The van der Waals surface area contributed by atoms with Crippen LogP contribution in [-0.2, 0) is 0 Å². The molecule has 1 aliphatic rings. The van der Waals surface area contributed by atoms with Crippen LogP contribution in [0.1, 0.15) is 31.0 Å². The van der Waals surface area contributed by atoms with Crippen LogP contribution in [0.5, 0.6) is 11.8 Å². The Bertz CT molecular complexity index is 1930. The van der Waals surface area contributed by atoms with Crippen LogP contribution in [0.4, 0.5) is 25.4 Å². The third kappa shape index (κ3) is 3.95. The zero-order chi connectivity index (χ0) is 29.2. The van der Waals surface area contributed by atoms with Crippen molar-refractivity contribution in [2.24, 2.45) is 0 Å². The van der Waals surface area contributed by atoms with Gasteiger partial charge in [0.25, 0.3) is 0 Å². The van der Waals surface area contributed by atoms with Crippen molar-refractivity contribution in [3.8, 4) is 29.0 Å². The molecule has 2 atom stereocenters. The first-order valence-corrected chi connectivity index (χ1v) is 13.7. The number of hydrogen-bond acceptors (Lipinski definition) is 10. The zero-order valence-corrected chi connectivity index (χ0v) is 23.6. The standard InChI is InChI=1S/C28H22ClF2N7O2S/c1-11-10-40-23-19-22(36-28(39-3)37-27(19)38(11)12(2)13-5-4-8-35-25(13)33)21(31)18(20(23)29)14-6-7-16(30)24-17(14)15(9-32)26(34)41-24/h4-8,11-12H,10,34H2,1-3H3,(H2,33,35)/t11-,12?/m0/s1. The number of nitrogen functional groups attached to an aromatic ring is 2. The Morgan fingerprint density at radius 1 is 1.24 bits per heavy atom. The molecule has 3 aromatic heterocycles. The van der Waals surface area contributed by atoms with E-state index in [1.54, 1.807) is 12.3 Å². The number of nitrogens with zero attached hydrogens (tertiary/aromatic N) is 5. The molecule has 41 heavy (non-hydrogen) atoms. The van der Waals surface area contributed by atoms with E-state index in [1.165, 1.54) is 19.2 Å². The Hall–Kier alpha value is -4.47. The molecule has 0 spiro atoms. The van der Waals surface area contributed by atoms with Crippen molar-refractivity contribution in [2.75, 3.05) is 30.1 Å². The minimum Gasteiger partial charge on any atom is -0.489 e. The van der Waals surface area contributed by atoms with Gasteiger partial charge in [-0.25, -0.2) is 13.8 Å². The number of halogens is 3. The van der Waals surface area contributed by atoms with Gasteiger partial charge in [0.15, 0.2) is 11.6 Å². The SMILES string of the molecule is COc1nc2c3c(c(Cl)c(-c4ccc(F)c5sc(N)c(C#N)c45)c(F)c3n1)OC[C@H](C)N2C(C)c1cccnc1N. The van der Waals surface area contributed by atoms with Gasteiger partial charge in [-0.05, 0) is 31.5 Å². The van der Waals surface area contributed by atoms with Crippen molar-refractivity contribution in [1.82, 2.24) is 15.0 Å². The Kier molecular flexibility index (Phi) is 6.43. The average molecular weight is 594 g/mol. The second-order valence-electron chi connectivity index (χ2n) is 9.56. The van der Waals surface area contributed by atoms with Crippen LogP contribution in [-0.4, -0.2) is 34.7 Å². The minimum absolute atomic E-state index is 0.0329. The van der Waals surface area contributed by atoms with Crippen LogP contribution in [0.15, 0.2) is 30.5 Å². The van der Waals surface area contributed by atoms with Crippen molar-refractivity contribution >= 4 is 60.6 Å². The highest BCUT2D eigenvalue weighted by Crippen LogP contribution is 2.51. The molecular weight excluding hydrogens is 572 g/mol. The van der Waals surface area contributed by atoms with Gasteiger partial charge in [-0.2, -0.15) is 15.2 Å². The van der Waals surface area contributed by atoms with E-state index >= 15 is 4.39 Å². The molecule has 1 aliphatic heterocycles. The van der Waals surface area contributed by atoms with Gasteiger partial charge in [-0.3, -0.25) is 0 Å².